The van der Waals surface area contributed by atoms with E-state index in [9.17, 15) is 27.9 Å². The van der Waals surface area contributed by atoms with Crippen molar-refractivity contribution in [3.05, 3.63) is 64.7 Å². The molecule has 9 heteroatoms. The molecule has 1 heterocycles. The first-order valence-corrected chi connectivity index (χ1v) is 13.2. The summed E-state index contributed by atoms with van der Waals surface area (Å²) in [6.45, 7) is 1.39. The number of benzene rings is 2. The minimum atomic E-state index is -4.77. The van der Waals surface area contributed by atoms with Crippen LogP contribution in [-0.4, -0.2) is 40.5 Å². The number of amides is 2. The summed E-state index contributed by atoms with van der Waals surface area (Å²) in [5.74, 6) is -1.28. The molecule has 2 aromatic rings. The van der Waals surface area contributed by atoms with Crippen LogP contribution in [0.2, 0.25) is 0 Å². The van der Waals surface area contributed by atoms with E-state index in [1.165, 1.54) is 12.1 Å². The van der Waals surface area contributed by atoms with Gasteiger partial charge < -0.3 is 15.3 Å². The predicted octanol–water partition coefficient (Wildman–Crippen LogP) is 5.70. The molecule has 2 aliphatic rings. The van der Waals surface area contributed by atoms with Crippen LogP contribution in [0.5, 0.6) is 0 Å². The lowest BCUT2D eigenvalue weighted by molar-refractivity contribution is -0.142. The molecule has 1 aliphatic carbocycles. The van der Waals surface area contributed by atoms with E-state index in [1.54, 1.807) is 24.3 Å². The molecular formula is C29H32F3N3O3. The van der Waals surface area contributed by atoms with Gasteiger partial charge in [0.2, 0.25) is 0 Å². The Hall–Kier alpha value is -3.38. The molecule has 0 spiro atoms. The highest BCUT2D eigenvalue weighted by Crippen LogP contribution is 2.37. The normalized spacial score (nSPS) is 18.3. The van der Waals surface area contributed by atoms with E-state index < -0.39 is 34.7 Å². The van der Waals surface area contributed by atoms with Gasteiger partial charge in [-0.2, -0.15) is 18.4 Å². The second-order valence-corrected chi connectivity index (χ2v) is 10.3. The number of rotatable bonds is 6. The van der Waals surface area contributed by atoms with Crippen LogP contribution in [0.1, 0.15) is 78.4 Å². The first kappa shape index (κ1) is 27.6. The molecule has 0 radical (unpaired) electrons. The van der Waals surface area contributed by atoms with Crippen LogP contribution in [-0.2, 0) is 17.4 Å². The van der Waals surface area contributed by atoms with Gasteiger partial charge in [0.15, 0.2) is 0 Å². The summed E-state index contributed by atoms with van der Waals surface area (Å²) >= 11 is 0. The number of nitrogens with zero attached hydrogens (tertiary/aromatic N) is 2. The molecule has 2 amide bonds. The molecule has 0 aromatic heterocycles. The second-order valence-electron chi connectivity index (χ2n) is 10.3. The van der Waals surface area contributed by atoms with Gasteiger partial charge >= 0.3 is 6.18 Å². The minimum Gasteiger partial charge on any atom is -0.379 e. The number of piperidine rings is 1. The highest BCUT2D eigenvalue weighted by molar-refractivity contribution is 5.98. The molecule has 2 N–H and O–H groups in total. The molecule has 2 aromatic carbocycles. The number of likely N-dealkylation sites (tertiary alicyclic amines) is 1. The van der Waals surface area contributed by atoms with Crippen LogP contribution in [0.4, 0.5) is 18.9 Å². The van der Waals surface area contributed by atoms with E-state index in [1.807, 2.05) is 4.90 Å². The largest absolute Gasteiger partial charge is 0.417 e. The third-order valence-electron chi connectivity index (χ3n) is 7.67. The third kappa shape index (κ3) is 6.18. The van der Waals surface area contributed by atoms with Crippen LogP contribution in [0.15, 0.2) is 42.5 Å². The van der Waals surface area contributed by atoms with Crippen molar-refractivity contribution in [2.75, 3.05) is 18.4 Å². The quantitative estimate of drug-likeness (QED) is 0.504. The topological polar surface area (TPSA) is 93.4 Å². The van der Waals surface area contributed by atoms with Gasteiger partial charge in [0, 0.05) is 30.8 Å². The molecule has 6 nitrogen and oxygen atoms in total. The van der Waals surface area contributed by atoms with Gasteiger partial charge in [-0.1, -0.05) is 31.4 Å². The van der Waals surface area contributed by atoms with Crippen molar-refractivity contribution in [2.45, 2.75) is 69.6 Å². The van der Waals surface area contributed by atoms with Crippen molar-refractivity contribution in [3.63, 3.8) is 0 Å². The van der Waals surface area contributed by atoms with E-state index in [4.69, 9.17) is 5.26 Å². The van der Waals surface area contributed by atoms with Crippen molar-refractivity contribution in [1.29, 1.82) is 5.26 Å². The number of alkyl halides is 3. The molecule has 2 fully saturated rings. The minimum absolute atomic E-state index is 0.0764. The monoisotopic (exact) mass is 527 g/mol. The predicted molar refractivity (Wildman–Crippen MR) is 136 cm³/mol. The number of anilines is 1. The molecule has 202 valence electrons. The zero-order valence-electron chi connectivity index (χ0n) is 21.2. The number of hydrogen-bond donors (Lipinski definition) is 2. The van der Waals surface area contributed by atoms with Crippen molar-refractivity contribution in [3.8, 4) is 6.07 Å². The first-order valence-electron chi connectivity index (χ1n) is 13.2. The molecule has 1 atom stereocenters. The summed E-state index contributed by atoms with van der Waals surface area (Å²) in [4.78, 5) is 28.4. The van der Waals surface area contributed by atoms with E-state index in [-0.39, 0.29) is 18.0 Å². The first-order chi connectivity index (χ1) is 18.1. The highest BCUT2D eigenvalue weighted by atomic mass is 19.4. The average molecular weight is 528 g/mol. The molecule has 38 heavy (non-hydrogen) atoms. The highest BCUT2D eigenvalue weighted by Gasteiger charge is 2.44. The zero-order valence-corrected chi connectivity index (χ0v) is 21.2. The fourth-order valence-corrected chi connectivity index (χ4v) is 5.59. The number of nitrogens with one attached hydrogen (secondary N) is 1. The maximum absolute atomic E-state index is 13.5. The van der Waals surface area contributed by atoms with Gasteiger partial charge in [-0.15, -0.1) is 0 Å². The van der Waals surface area contributed by atoms with Crippen LogP contribution < -0.4 is 5.32 Å². The van der Waals surface area contributed by atoms with E-state index in [0.29, 0.717) is 37.1 Å². The Labute approximate surface area is 220 Å². The lowest BCUT2D eigenvalue weighted by Crippen LogP contribution is -2.51. The number of nitriles is 1. The Morgan fingerprint density at radius 3 is 2.34 bits per heavy atom. The molecular weight excluding hydrogens is 495 g/mol. The smallest absolute Gasteiger partial charge is 0.379 e. The fraction of sp³-hybridized carbons (Fsp3) is 0.483. The summed E-state index contributed by atoms with van der Waals surface area (Å²) in [6, 6.07) is 11.4. The van der Waals surface area contributed by atoms with Gasteiger partial charge in [-0.3, -0.25) is 9.59 Å². The van der Waals surface area contributed by atoms with Crippen molar-refractivity contribution in [2.24, 2.45) is 5.92 Å². The van der Waals surface area contributed by atoms with Crippen molar-refractivity contribution in [1.82, 2.24) is 4.90 Å². The summed E-state index contributed by atoms with van der Waals surface area (Å²) in [6.07, 6.45) is 2.03. The van der Waals surface area contributed by atoms with E-state index in [0.717, 1.165) is 50.7 Å². The Bertz CT molecular complexity index is 1210. The van der Waals surface area contributed by atoms with Crippen LogP contribution >= 0.6 is 0 Å². The molecule has 4 rings (SSSR count). The van der Waals surface area contributed by atoms with E-state index >= 15 is 0 Å². The molecule has 1 saturated carbocycles. The molecule has 1 unspecified atom stereocenters. The number of hydrogen-bond acceptors (Lipinski definition) is 4. The molecule has 0 bridgehead atoms. The zero-order chi connectivity index (χ0) is 27.3. The maximum atomic E-state index is 13.5. The van der Waals surface area contributed by atoms with Crippen molar-refractivity contribution < 1.29 is 27.9 Å². The van der Waals surface area contributed by atoms with Crippen LogP contribution in [0, 0.1) is 17.2 Å². The van der Waals surface area contributed by atoms with Gasteiger partial charge in [-0.05, 0) is 73.9 Å². The van der Waals surface area contributed by atoms with Crippen molar-refractivity contribution >= 4 is 17.5 Å². The lowest BCUT2D eigenvalue weighted by Gasteiger charge is -2.37. The summed E-state index contributed by atoms with van der Waals surface area (Å²) in [5.41, 5.74) is -2.65. The Morgan fingerprint density at radius 1 is 1.00 bits per heavy atom. The summed E-state index contributed by atoms with van der Waals surface area (Å²) < 4.78 is 40.4. The van der Waals surface area contributed by atoms with Gasteiger partial charge in [0.05, 0.1) is 17.2 Å². The number of carbonyl (C=O) groups is 2. The van der Waals surface area contributed by atoms with Gasteiger partial charge in [-0.25, -0.2) is 0 Å². The summed E-state index contributed by atoms with van der Waals surface area (Å²) in [5, 5.41) is 23.4. The Morgan fingerprint density at radius 2 is 1.68 bits per heavy atom. The van der Waals surface area contributed by atoms with Gasteiger partial charge in [0.1, 0.15) is 5.60 Å². The van der Waals surface area contributed by atoms with Crippen LogP contribution in [0.3, 0.4) is 0 Å². The average Bonchev–Trinajstić information content (AvgIpc) is 2.93. The number of aliphatic hydroxyl groups is 1. The lowest BCUT2D eigenvalue weighted by atomic mass is 9.73. The summed E-state index contributed by atoms with van der Waals surface area (Å²) in [7, 11) is 0. The Kier molecular flexibility index (Phi) is 8.41. The van der Waals surface area contributed by atoms with E-state index in [2.05, 4.69) is 5.32 Å². The molecule has 1 aliphatic heterocycles. The second kappa shape index (κ2) is 11.6. The number of carbonyl (C=O) groups excluding carboxylic acids is 2. The third-order valence-corrected chi connectivity index (χ3v) is 7.67. The molecule has 1 saturated heterocycles. The maximum Gasteiger partial charge on any atom is 0.417 e. The fourth-order valence-electron chi connectivity index (χ4n) is 5.59. The van der Waals surface area contributed by atoms with Gasteiger partial charge in [0.25, 0.3) is 11.8 Å². The SMILES string of the molecule is N#Cc1ccc(NC(=O)C(O)(Cc2cccc(C(=O)N3CCCCC3)c2)C2CCCCC2)cc1C(F)(F)F. The van der Waals surface area contributed by atoms with Crippen LogP contribution in [0.25, 0.3) is 0 Å². The number of halogens is 3. The Balaban J connectivity index is 1.61. The standard InChI is InChI=1S/C29H32F3N3O3/c30-29(31,32)25-17-24(13-12-22(25)19-33)34-27(37)28(38,23-10-3-1-4-11-23)18-20-8-7-9-21(16-20)26(36)35-14-5-2-6-15-35/h7-9,12-13,16-17,23,38H,1-6,10-11,14-15,18H2,(H,34,37).